The van der Waals surface area contributed by atoms with Crippen molar-refractivity contribution in [3.8, 4) is 5.75 Å². The highest BCUT2D eigenvalue weighted by Crippen LogP contribution is 2.28. The van der Waals surface area contributed by atoms with Crippen LogP contribution in [-0.2, 0) is 13.2 Å². The highest BCUT2D eigenvalue weighted by molar-refractivity contribution is 14.1. The topological polar surface area (TPSA) is 65.4 Å². The van der Waals surface area contributed by atoms with Crippen LogP contribution in [0.2, 0.25) is 5.02 Å². The second-order valence-electron chi connectivity index (χ2n) is 4.33. The molecule has 20 heavy (non-hydrogen) atoms. The lowest BCUT2D eigenvalue weighted by molar-refractivity contribution is 0.279. The first kappa shape index (κ1) is 15.3. The predicted octanol–water partition coefficient (Wildman–Crippen LogP) is 3.46. The van der Waals surface area contributed by atoms with Gasteiger partial charge in [0.2, 0.25) is 0 Å². The number of nitrogens with zero attached hydrogens (tertiary/aromatic N) is 1. The molecule has 0 saturated carbocycles. The van der Waals surface area contributed by atoms with Crippen LogP contribution in [0.25, 0.3) is 0 Å². The molecule has 0 atom stereocenters. The number of hydrogen-bond donors (Lipinski definition) is 3. The van der Waals surface area contributed by atoms with E-state index in [4.69, 9.17) is 11.6 Å². The van der Waals surface area contributed by atoms with Gasteiger partial charge in [-0.3, -0.25) is 4.98 Å². The van der Waals surface area contributed by atoms with Gasteiger partial charge in [-0.05, 0) is 47.7 Å². The summed E-state index contributed by atoms with van der Waals surface area (Å²) < 4.78 is 1.05. The summed E-state index contributed by atoms with van der Waals surface area (Å²) in [5.74, 6) is 0.102. The lowest BCUT2D eigenvalue weighted by atomic mass is 10.1. The number of aromatic nitrogens is 1. The third-order valence-corrected chi connectivity index (χ3v) is 3.97. The van der Waals surface area contributed by atoms with E-state index in [2.05, 4.69) is 32.9 Å². The van der Waals surface area contributed by atoms with Gasteiger partial charge in [-0.2, -0.15) is 0 Å². The van der Waals surface area contributed by atoms with Gasteiger partial charge in [-0.25, -0.2) is 0 Å². The molecule has 106 valence electrons. The van der Waals surface area contributed by atoms with E-state index in [9.17, 15) is 10.2 Å². The lowest BCUT2D eigenvalue weighted by Crippen LogP contribution is -2.06. The first-order valence-electron chi connectivity index (χ1n) is 5.99. The average molecular weight is 405 g/mol. The minimum absolute atomic E-state index is 0.102. The molecule has 0 bridgehead atoms. The molecule has 0 aliphatic carbocycles. The van der Waals surface area contributed by atoms with Gasteiger partial charge >= 0.3 is 0 Å². The van der Waals surface area contributed by atoms with Crippen molar-refractivity contribution in [2.45, 2.75) is 20.1 Å². The van der Waals surface area contributed by atoms with Gasteiger partial charge in [0.05, 0.1) is 23.0 Å². The summed E-state index contributed by atoms with van der Waals surface area (Å²) in [6, 6.07) is 5.68. The van der Waals surface area contributed by atoms with Crippen LogP contribution in [0.4, 0.5) is 5.69 Å². The Morgan fingerprint density at radius 3 is 2.80 bits per heavy atom. The molecule has 3 N–H and O–H groups in total. The van der Waals surface area contributed by atoms with E-state index in [1.807, 2.05) is 18.2 Å². The number of hydrogen-bond acceptors (Lipinski definition) is 4. The van der Waals surface area contributed by atoms with Crippen molar-refractivity contribution in [1.82, 2.24) is 4.98 Å². The molecule has 0 spiro atoms. The summed E-state index contributed by atoms with van der Waals surface area (Å²) >= 11 is 8.34. The first-order valence-corrected chi connectivity index (χ1v) is 7.44. The first-order chi connectivity index (χ1) is 9.52. The minimum Gasteiger partial charge on any atom is -0.506 e. The van der Waals surface area contributed by atoms with Gasteiger partial charge in [-0.15, -0.1) is 0 Å². The van der Waals surface area contributed by atoms with Crippen molar-refractivity contribution in [2.24, 2.45) is 0 Å². The van der Waals surface area contributed by atoms with Crippen LogP contribution in [-0.4, -0.2) is 15.2 Å². The zero-order chi connectivity index (χ0) is 14.7. The molecule has 1 aromatic heterocycles. The molecule has 0 amide bonds. The van der Waals surface area contributed by atoms with E-state index < -0.39 is 0 Å². The fourth-order valence-corrected chi connectivity index (χ4v) is 2.76. The second-order valence-corrected chi connectivity index (χ2v) is 5.98. The summed E-state index contributed by atoms with van der Waals surface area (Å²) in [5, 5.41) is 23.2. The number of pyridine rings is 1. The van der Waals surface area contributed by atoms with Gasteiger partial charge in [-0.1, -0.05) is 11.6 Å². The van der Waals surface area contributed by atoms with Crippen LogP contribution in [0, 0.1) is 10.5 Å². The predicted molar refractivity (Wildman–Crippen MR) is 88.1 cm³/mol. The van der Waals surface area contributed by atoms with E-state index in [1.165, 1.54) is 0 Å². The number of aromatic hydroxyl groups is 1. The van der Waals surface area contributed by atoms with Crippen LogP contribution in [0.5, 0.6) is 5.75 Å². The van der Waals surface area contributed by atoms with Crippen LogP contribution in [0.3, 0.4) is 0 Å². The lowest BCUT2D eigenvalue weighted by Gasteiger charge is -2.14. The summed E-state index contributed by atoms with van der Waals surface area (Å²) in [6.07, 6.45) is 1.57. The van der Waals surface area contributed by atoms with Crippen molar-refractivity contribution in [3.63, 3.8) is 0 Å². The Morgan fingerprint density at radius 2 is 2.15 bits per heavy atom. The minimum atomic E-state index is -0.168. The molecule has 0 aliphatic heterocycles. The summed E-state index contributed by atoms with van der Waals surface area (Å²) in [6.45, 7) is 1.92. The molecule has 1 heterocycles. The van der Waals surface area contributed by atoms with Crippen molar-refractivity contribution in [3.05, 3.63) is 49.8 Å². The largest absolute Gasteiger partial charge is 0.506 e. The number of benzene rings is 1. The van der Waals surface area contributed by atoms with Gasteiger partial charge < -0.3 is 15.5 Å². The van der Waals surface area contributed by atoms with Crippen molar-refractivity contribution in [2.75, 3.05) is 5.32 Å². The van der Waals surface area contributed by atoms with E-state index in [1.54, 1.807) is 13.1 Å². The van der Waals surface area contributed by atoms with Gasteiger partial charge in [0.1, 0.15) is 5.75 Å². The highest BCUT2D eigenvalue weighted by atomic mass is 127. The molecule has 1 aromatic carbocycles. The van der Waals surface area contributed by atoms with Crippen molar-refractivity contribution >= 4 is 39.9 Å². The van der Waals surface area contributed by atoms with Crippen LogP contribution >= 0.6 is 34.2 Å². The number of aliphatic hydroxyl groups is 1. The smallest absolute Gasteiger partial charge is 0.142 e. The number of aliphatic hydroxyl groups excluding tert-OH is 1. The monoisotopic (exact) mass is 404 g/mol. The van der Waals surface area contributed by atoms with Crippen LogP contribution in [0.1, 0.15) is 16.8 Å². The van der Waals surface area contributed by atoms with E-state index in [0.29, 0.717) is 28.4 Å². The molecule has 0 saturated heterocycles. The summed E-state index contributed by atoms with van der Waals surface area (Å²) in [7, 11) is 0. The summed E-state index contributed by atoms with van der Waals surface area (Å²) in [4.78, 5) is 4.03. The average Bonchev–Trinajstić information content (AvgIpc) is 2.42. The van der Waals surface area contributed by atoms with Gasteiger partial charge in [0.25, 0.3) is 0 Å². The van der Waals surface area contributed by atoms with Gasteiger partial charge in [0, 0.05) is 27.4 Å². The maximum atomic E-state index is 10.1. The Morgan fingerprint density at radius 1 is 1.40 bits per heavy atom. The molecule has 0 aliphatic rings. The quantitative estimate of drug-likeness (QED) is 0.683. The molecule has 0 fully saturated rings. The maximum absolute atomic E-state index is 10.1. The van der Waals surface area contributed by atoms with E-state index in [0.717, 1.165) is 9.26 Å². The van der Waals surface area contributed by atoms with E-state index in [-0.39, 0.29) is 12.4 Å². The Balaban J connectivity index is 2.24. The molecular formula is C14H14ClIN2O2. The molecule has 2 rings (SSSR count). The fourth-order valence-electron chi connectivity index (χ4n) is 1.83. The SMILES string of the molecule is Cc1ncc(CO)c(CNc2ccc(I)cc2Cl)c1O. The Bertz CT molecular complexity index is 635. The number of aryl methyl sites for hydroxylation is 1. The maximum Gasteiger partial charge on any atom is 0.142 e. The Kier molecular flexibility index (Phi) is 5.06. The Hall–Kier alpha value is -1.05. The van der Waals surface area contributed by atoms with Crippen molar-refractivity contribution in [1.29, 1.82) is 0 Å². The summed E-state index contributed by atoms with van der Waals surface area (Å²) in [5.41, 5.74) is 2.55. The molecule has 0 unspecified atom stereocenters. The van der Waals surface area contributed by atoms with Crippen LogP contribution < -0.4 is 5.32 Å². The number of rotatable bonds is 4. The fraction of sp³-hybridized carbons (Fsp3) is 0.214. The standard InChI is InChI=1S/C14H14ClIN2O2/c1-8-14(20)11(9(7-19)5-17-8)6-18-13-3-2-10(16)4-12(13)15/h2-5,18-20H,6-7H2,1H3. The third kappa shape index (κ3) is 3.34. The second kappa shape index (κ2) is 6.60. The molecule has 4 nitrogen and oxygen atoms in total. The van der Waals surface area contributed by atoms with E-state index >= 15 is 0 Å². The third-order valence-electron chi connectivity index (χ3n) is 2.99. The molecule has 2 aromatic rings. The zero-order valence-electron chi connectivity index (χ0n) is 10.8. The molecule has 0 radical (unpaired) electrons. The number of halogens is 2. The normalized spacial score (nSPS) is 10.6. The zero-order valence-corrected chi connectivity index (χ0v) is 13.7. The number of nitrogens with one attached hydrogen (secondary N) is 1. The van der Waals surface area contributed by atoms with Crippen LogP contribution in [0.15, 0.2) is 24.4 Å². The van der Waals surface area contributed by atoms with Crippen molar-refractivity contribution < 1.29 is 10.2 Å². The molecule has 6 heteroatoms. The van der Waals surface area contributed by atoms with Gasteiger partial charge in [0.15, 0.2) is 0 Å². The number of anilines is 1. The molecular weight excluding hydrogens is 391 g/mol. The highest BCUT2D eigenvalue weighted by Gasteiger charge is 2.11. The Labute approximate surface area is 136 Å².